The number of halogens is 2. The van der Waals surface area contributed by atoms with Crippen LogP contribution in [0.4, 0.5) is 15.9 Å². The topological polar surface area (TPSA) is 131 Å². The van der Waals surface area contributed by atoms with Gasteiger partial charge in [-0.05, 0) is 115 Å². The van der Waals surface area contributed by atoms with E-state index in [9.17, 15) is 19.5 Å². The van der Waals surface area contributed by atoms with Crippen LogP contribution in [0.15, 0.2) is 96.6 Å². The van der Waals surface area contributed by atoms with Gasteiger partial charge in [0.2, 0.25) is 23.6 Å². The van der Waals surface area contributed by atoms with Gasteiger partial charge in [-0.1, -0.05) is 53.6 Å². The van der Waals surface area contributed by atoms with Crippen LogP contribution in [0.1, 0.15) is 47.9 Å². The molecule has 4 aromatic carbocycles. The molecule has 0 bridgehead atoms. The molecular weight excluding hydrogens is 855 g/mol. The summed E-state index contributed by atoms with van der Waals surface area (Å²) in [5.74, 6) is -5.43. The Morgan fingerprint density at radius 3 is 2.41 bits per heavy atom. The maximum atomic E-state index is 15.3. The number of rotatable bonds is 8. The fraction of sp³-hybridized carbons (Fsp3) is 0.260. The van der Waals surface area contributed by atoms with E-state index in [2.05, 4.69) is 0 Å². The Balaban J connectivity index is 0.994. The first kappa shape index (κ1) is 41.4. The van der Waals surface area contributed by atoms with Crippen LogP contribution >= 0.6 is 22.9 Å². The molecule has 0 spiro atoms. The highest BCUT2D eigenvalue weighted by Gasteiger charge is 2.68. The van der Waals surface area contributed by atoms with Crippen LogP contribution in [-0.2, 0) is 26.2 Å². The number of fused-ring (bicyclic) bond motifs is 5. The number of hydrogen-bond acceptors (Lipinski definition) is 9. The molecule has 324 valence electrons. The molecule has 64 heavy (non-hydrogen) atoms. The van der Waals surface area contributed by atoms with Gasteiger partial charge in [-0.15, -0.1) is 11.3 Å². The molecule has 0 radical (unpaired) electrons. The minimum Gasteiger partial charge on any atom is -0.505 e. The Kier molecular flexibility index (Phi) is 9.91. The van der Waals surface area contributed by atoms with Crippen LogP contribution in [0.25, 0.3) is 32.8 Å². The summed E-state index contributed by atoms with van der Waals surface area (Å²) in [4.78, 5) is 62.5. The maximum Gasteiger partial charge on any atom is 0.242 e. The van der Waals surface area contributed by atoms with Crippen molar-refractivity contribution in [2.24, 2.45) is 36.1 Å². The van der Waals surface area contributed by atoms with Crippen molar-refractivity contribution in [2.45, 2.75) is 32.6 Å². The molecule has 2 saturated heterocycles. The number of anilines is 2. The minimum atomic E-state index is -1.42. The molecule has 10 rings (SSSR count). The highest BCUT2D eigenvalue weighted by molar-refractivity contribution is 7.22. The van der Waals surface area contributed by atoms with E-state index in [1.54, 1.807) is 52.5 Å². The lowest BCUT2D eigenvalue weighted by atomic mass is 9.51. The number of thiophene rings is 1. The molecule has 4 amide bonds. The van der Waals surface area contributed by atoms with Crippen molar-refractivity contribution in [3.8, 4) is 27.8 Å². The maximum absolute atomic E-state index is 15.3. The number of aromatic hydroxyl groups is 1. The zero-order valence-electron chi connectivity index (χ0n) is 35.5. The van der Waals surface area contributed by atoms with Gasteiger partial charge in [0.25, 0.3) is 0 Å². The van der Waals surface area contributed by atoms with Crippen molar-refractivity contribution in [1.29, 1.82) is 0 Å². The molecule has 6 atom stereocenters. The summed E-state index contributed by atoms with van der Waals surface area (Å²) in [6, 6.07) is 24.0. The summed E-state index contributed by atoms with van der Waals surface area (Å²) in [5.41, 5.74) is 3.27. The molecule has 0 unspecified atom stereocenters. The van der Waals surface area contributed by atoms with Gasteiger partial charge in [0, 0.05) is 34.3 Å². The van der Waals surface area contributed by atoms with Gasteiger partial charge in [-0.3, -0.25) is 28.8 Å². The average Bonchev–Trinajstić information content (AvgIpc) is 3.96. The number of imide groups is 2. The van der Waals surface area contributed by atoms with Crippen LogP contribution < -0.4 is 19.3 Å². The fourth-order valence-corrected chi connectivity index (χ4v) is 12.0. The van der Waals surface area contributed by atoms with Crippen molar-refractivity contribution in [1.82, 2.24) is 9.78 Å². The predicted molar refractivity (Wildman–Crippen MR) is 244 cm³/mol. The quantitative estimate of drug-likeness (QED) is 0.0908. The number of phenols is 1. The second-order valence-corrected chi connectivity index (χ2v) is 18.6. The molecule has 4 aliphatic rings. The summed E-state index contributed by atoms with van der Waals surface area (Å²) >= 11 is 7.87. The van der Waals surface area contributed by atoms with Gasteiger partial charge in [0.15, 0.2) is 11.6 Å². The Morgan fingerprint density at radius 2 is 1.67 bits per heavy atom. The molecule has 2 aliphatic heterocycles. The number of carbonyl (C=O) groups is 4. The monoisotopic (exact) mass is 896 g/mol. The average molecular weight is 897 g/mol. The van der Waals surface area contributed by atoms with Crippen LogP contribution in [0.3, 0.4) is 0 Å². The number of ether oxygens (including phenoxy) is 2. The molecule has 6 aromatic rings. The van der Waals surface area contributed by atoms with Crippen molar-refractivity contribution in [2.75, 3.05) is 24.0 Å². The third kappa shape index (κ3) is 6.22. The van der Waals surface area contributed by atoms with Gasteiger partial charge in [0.1, 0.15) is 23.0 Å². The third-order valence-electron chi connectivity index (χ3n) is 13.8. The summed E-state index contributed by atoms with van der Waals surface area (Å²) in [6.07, 6.45) is 6.04. The van der Waals surface area contributed by atoms with E-state index in [1.165, 1.54) is 38.0 Å². The van der Waals surface area contributed by atoms with Gasteiger partial charge in [-0.2, -0.15) is 5.10 Å². The molecule has 14 heteroatoms. The molecule has 3 fully saturated rings. The second-order valence-electron chi connectivity index (χ2n) is 17.1. The molecule has 2 aromatic heterocycles. The number of aryl methyl sites for hydroxylation is 2. The molecule has 1 saturated carbocycles. The highest BCUT2D eigenvalue weighted by Crippen LogP contribution is 2.64. The van der Waals surface area contributed by atoms with E-state index in [4.69, 9.17) is 26.2 Å². The van der Waals surface area contributed by atoms with Crippen LogP contribution in [0, 0.1) is 41.8 Å². The van der Waals surface area contributed by atoms with Crippen molar-refractivity contribution in [3.05, 3.63) is 130 Å². The van der Waals surface area contributed by atoms with E-state index < -0.39 is 58.4 Å². The lowest BCUT2D eigenvalue weighted by Gasteiger charge is -2.49. The molecule has 11 nitrogen and oxygen atoms in total. The first-order chi connectivity index (χ1) is 30.7. The minimum absolute atomic E-state index is 0.118. The molecule has 1 N–H and O–H groups in total. The first-order valence-electron chi connectivity index (χ1n) is 20.9. The van der Waals surface area contributed by atoms with Crippen LogP contribution in [0.2, 0.25) is 5.02 Å². The van der Waals surface area contributed by atoms with Gasteiger partial charge >= 0.3 is 0 Å². The Hall–Kier alpha value is -6.57. The van der Waals surface area contributed by atoms with Gasteiger partial charge in [-0.25, -0.2) is 9.29 Å². The first-order valence-corrected chi connectivity index (χ1v) is 22.1. The SMILES string of the molecule is COc1ccc(OC)c(C=Cc2ccc(N3C(=O)[C@H]4[C@H](CC=C5[C@H]4C[C@H]4C(=O)N(c6cc(-c7sc8ccc(Cl)cc8c7C)nn6C)C(=O)[C@@]4(C)[C@H]5c4ccc(O)c(F)c4)C3=O)cc2)c1. The molecule has 4 heterocycles. The largest absolute Gasteiger partial charge is 0.505 e. The van der Waals surface area contributed by atoms with E-state index in [1.807, 2.05) is 73.7 Å². The zero-order valence-corrected chi connectivity index (χ0v) is 37.0. The number of hydrogen-bond donors (Lipinski definition) is 1. The summed E-state index contributed by atoms with van der Waals surface area (Å²) < 4.78 is 28.7. The Labute approximate surface area is 377 Å². The summed E-state index contributed by atoms with van der Waals surface area (Å²) in [6.45, 7) is 3.72. The fourth-order valence-electron chi connectivity index (χ4n) is 10.7. The number of benzene rings is 4. The number of nitrogens with zero attached hydrogens (tertiary/aromatic N) is 4. The Bertz CT molecular complexity index is 3050. The van der Waals surface area contributed by atoms with Crippen LogP contribution in [-0.4, -0.2) is 52.7 Å². The highest BCUT2D eigenvalue weighted by atomic mass is 35.5. The van der Waals surface area contributed by atoms with Crippen molar-refractivity contribution < 1.29 is 38.1 Å². The summed E-state index contributed by atoms with van der Waals surface area (Å²) in [5, 5.41) is 16.6. The number of carbonyl (C=O) groups excluding carboxylic acids is 4. The van der Waals surface area contributed by atoms with Crippen LogP contribution in [0.5, 0.6) is 17.2 Å². The molecular formula is C50H42ClFN4O7S. The Morgan fingerprint density at radius 1 is 0.891 bits per heavy atom. The lowest BCUT2D eigenvalue weighted by Crippen LogP contribution is -2.49. The number of allylic oxidation sites excluding steroid dienone is 2. The van der Waals surface area contributed by atoms with Crippen molar-refractivity contribution in [3.63, 3.8) is 0 Å². The standard InChI is InChI=1S/C50H42ClFN4O7S/c1-25-34-22-29(51)11-19-41(34)64-45(25)38-24-42(54(3)53-38)56-47(59)36-23-35-32(44(50(36,2)49(56)61)28-10-17-39(57)37(52)21-28)15-16-33-43(35)48(60)55(46(33)58)30-12-7-26(8-13-30)6-9-27-20-31(62-4)14-18-40(27)63-5/h6-15,17-22,24,33,35-36,43-44,57H,16,23H2,1-5H3/t33-,35+,36-,43-,44-,50+/m0/s1. The molecule has 2 aliphatic carbocycles. The predicted octanol–water partition coefficient (Wildman–Crippen LogP) is 9.73. The smallest absolute Gasteiger partial charge is 0.242 e. The van der Waals surface area contributed by atoms with E-state index in [0.717, 1.165) is 31.7 Å². The van der Waals surface area contributed by atoms with E-state index in [-0.39, 0.29) is 30.5 Å². The zero-order chi connectivity index (χ0) is 44.9. The third-order valence-corrected chi connectivity index (χ3v) is 15.4. The normalized spacial score (nSPS) is 24.1. The van der Waals surface area contributed by atoms with E-state index in [0.29, 0.717) is 39.0 Å². The number of methoxy groups -OCH3 is 2. The second kappa shape index (κ2) is 15.3. The number of amides is 4. The van der Waals surface area contributed by atoms with Gasteiger partial charge in [0.05, 0.1) is 48.0 Å². The van der Waals surface area contributed by atoms with Gasteiger partial charge < -0.3 is 14.6 Å². The number of aromatic nitrogens is 2. The summed E-state index contributed by atoms with van der Waals surface area (Å²) in [7, 11) is 4.87. The number of phenolic OH excluding ortho intramolecular Hbond substituents is 1. The van der Waals surface area contributed by atoms with E-state index >= 15 is 9.18 Å². The van der Waals surface area contributed by atoms with Crippen molar-refractivity contribution >= 4 is 80.3 Å². The lowest BCUT2D eigenvalue weighted by molar-refractivity contribution is -0.131.